The second-order valence-electron chi connectivity index (χ2n) is 8.87. The molecular formula is C25H30N2O6. The molecule has 8 nitrogen and oxygen atoms in total. The van der Waals surface area contributed by atoms with Crippen molar-refractivity contribution in [1.29, 1.82) is 0 Å². The molecule has 0 radical (unpaired) electrons. The second kappa shape index (κ2) is 10.4. The lowest BCUT2D eigenvalue weighted by Crippen LogP contribution is -2.50. The summed E-state index contributed by atoms with van der Waals surface area (Å²) in [4.78, 5) is 38.5. The van der Waals surface area contributed by atoms with Gasteiger partial charge in [0.25, 0.3) is 0 Å². The third-order valence-electron chi connectivity index (χ3n) is 5.15. The lowest BCUT2D eigenvalue weighted by molar-refractivity contribution is -0.147. The molecule has 0 spiro atoms. The second-order valence-corrected chi connectivity index (χ2v) is 8.87. The Bertz CT molecular complexity index is 1000. The molecule has 0 unspecified atom stereocenters. The number of carbonyl (C=O) groups excluding carboxylic acids is 3. The molecule has 0 saturated heterocycles. The van der Waals surface area contributed by atoms with Gasteiger partial charge in [-0.2, -0.15) is 0 Å². The molecule has 1 aliphatic heterocycles. The molecule has 0 bridgehead atoms. The summed E-state index contributed by atoms with van der Waals surface area (Å²) in [6.07, 6.45) is -0.761. The first-order valence-corrected chi connectivity index (χ1v) is 10.8. The number of benzene rings is 2. The van der Waals surface area contributed by atoms with Crippen LogP contribution in [-0.2, 0) is 45.1 Å². The summed E-state index contributed by atoms with van der Waals surface area (Å²) in [6.45, 7) is 5.99. The Hall–Kier alpha value is -3.55. The van der Waals surface area contributed by atoms with Crippen molar-refractivity contribution in [2.45, 2.75) is 58.5 Å². The zero-order valence-corrected chi connectivity index (χ0v) is 19.4. The molecule has 2 amide bonds. The number of fused-ring (bicyclic) bond motifs is 1. The summed E-state index contributed by atoms with van der Waals surface area (Å²) < 4.78 is 15.6. The minimum atomic E-state index is -0.755. The van der Waals surface area contributed by atoms with Crippen molar-refractivity contribution in [1.82, 2.24) is 10.2 Å². The quantitative estimate of drug-likeness (QED) is 0.543. The monoisotopic (exact) mass is 454 g/mol. The maximum absolute atomic E-state index is 12.8. The van der Waals surface area contributed by atoms with E-state index in [9.17, 15) is 14.4 Å². The molecule has 0 saturated carbocycles. The number of alkyl carbamates (subject to hydrolysis) is 1. The summed E-state index contributed by atoms with van der Waals surface area (Å²) in [5.41, 5.74) is 2.90. The van der Waals surface area contributed by atoms with E-state index >= 15 is 0 Å². The topological polar surface area (TPSA) is 94.2 Å². The maximum atomic E-state index is 12.8. The number of hydrogen-bond acceptors (Lipinski definition) is 6. The summed E-state index contributed by atoms with van der Waals surface area (Å²) in [5.74, 6) is -0.488. The Morgan fingerprint density at radius 3 is 2.42 bits per heavy atom. The van der Waals surface area contributed by atoms with E-state index in [4.69, 9.17) is 14.2 Å². The van der Waals surface area contributed by atoms with E-state index in [1.165, 1.54) is 12.0 Å². The van der Waals surface area contributed by atoms with Crippen molar-refractivity contribution in [3.8, 4) is 0 Å². The standard InChI is InChI=1S/C25H30N2O6/c1-25(2,3)33-24(30)27-15-20-12-18(10-11-19(20)13-21(27)22(28)31-4)14-26-23(29)32-16-17-8-6-5-7-9-17/h5-12,21H,13-16H2,1-4H3,(H,26,29)/t21-/m0/s1. The maximum Gasteiger partial charge on any atom is 0.411 e. The van der Waals surface area contributed by atoms with Gasteiger partial charge in [0.05, 0.1) is 13.7 Å². The summed E-state index contributed by atoms with van der Waals surface area (Å²) in [7, 11) is 1.30. The summed E-state index contributed by atoms with van der Waals surface area (Å²) in [6, 6.07) is 14.4. The van der Waals surface area contributed by atoms with Gasteiger partial charge in [-0.3, -0.25) is 4.90 Å². The minimum absolute atomic E-state index is 0.191. The molecule has 3 rings (SSSR count). The number of nitrogens with one attached hydrogen (secondary N) is 1. The molecule has 2 aromatic rings. The molecule has 0 fully saturated rings. The van der Waals surface area contributed by atoms with Crippen molar-refractivity contribution in [2.24, 2.45) is 0 Å². The average molecular weight is 455 g/mol. The van der Waals surface area contributed by atoms with Gasteiger partial charge in [-0.05, 0) is 43.0 Å². The number of ether oxygens (including phenoxy) is 3. The first-order valence-electron chi connectivity index (χ1n) is 10.8. The number of nitrogens with zero attached hydrogens (tertiary/aromatic N) is 1. The highest BCUT2D eigenvalue weighted by molar-refractivity contribution is 5.82. The Morgan fingerprint density at radius 1 is 1.03 bits per heavy atom. The van der Waals surface area contributed by atoms with Gasteiger partial charge in [-0.25, -0.2) is 14.4 Å². The zero-order valence-electron chi connectivity index (χ0n) is 19.4. The number of amides is 2. The van der Waals surface area contributed by atoms with Gasteiger partial charge in [-0.1, -0.05) is 48.5 Å². The third-order valence-corrected chi connectivity index (χ3v) is 5.15. The average Bonchev–Trinajstić information content (AvgIpc) is 2.79. The SMILES string of the molecule is COC(=O)[C@@H]1Cc2ccc(CNC(=O)OCc3ccccc3)cc2CN1C(=O)OC(C)(C)C. The summed E-state index contributed by atoms with van der Waals surface area (Å²) in [5, 5.41) is 2.74. The van der Waals surface area contributed by atoms with Gasteiger partial charge in [0.15, 0.2) is 0 Å². The van der Waals surface area contributed by atoms with Crippen LogP contribution in [0.4, 0.5) is 9.59 Å². The highest BCUT2D eigenvalue weighted by atomic mass is 16.6. The van der Waals surface area contributed by atoms with E-state index in [2.05, 4.69) is 5.32 Å². The van der Waals surface area contributed by atoms with Crippen molar-refractivity contribution >= 4 is 18.2 Å². The van der Waals surface area contributed by atoms with Gasteiger partial charge in [0.1, 0.15) is 18.2 Å². The summed E-state index contributed by atoms with van der Waals surface area (Å²) >= 11 is 0. The molecule has 33 heavy (non-hydrogen) atoms. The van der Waals surface area contributed by atoms with E-state index in [1.54, 1.807) is 20.8 Å². The van der Waals surface area contributed by atoms with E-state index in [0.717, 1.165) is 22.3 Å². The molecule has 176 valence electrons. The van der Waals surface area contributed by atoms with Crippen molar-refractivity contribution in [3.05, 3.63) is 70.8 Å². The molecule has 1 atom stereocenters. The fraction of sp³-hybridized carbons (Fsp3) is 0.400. The van der Waals surface area contributed by atoms with Crippen LogP contribution in [0.15, 0.2) is 48.5 Å². The molecule has 2 aromatic carbocycles. The smallest absolute Gasteiger partial charge is 0.411 e. The molecular weight excluding hydrogens is 424 g/mol. The Labute approximate surface area is 193 Å². The molecule has 1 heterocycles. The Balaban J connectivity index is 1.66. The first-order chi connectivity index (χ1) is 15.7. The van der Waals surface area contributed by atoms with Crippen LogP contribution in [0.1, 0.15) is 43.0 Å². The van der Waals surface area contributed by atoms with Crippen molar-refractivity contribution in [3.63, 3.8) is 0 Å². The Kier molecular flexibility index (Phi) is 7.58. The van der Waals surface area contributed by atoms with Gasteiger partial charge in [0, 0.05) is 13.0 Å². The van der Waals surface area contributed by atoms with Crippen LogP contribution < -0.4 is 5.32 Å². The van der Waals surface area contributed by atoms with Crippen molar-refractivity contribution < 1.29 is 28.6 Å². The van der Waals surface area contributed by atoms with Gasteiger partial charge >= 0.3 is 18.2 Å². The number of hydrogen-bond donors (Lipinski definition) is 1. The molecule has 8 heteroatoms. The lowest BCUT2D eigenvalue weighted by Gasteiger charge is -2.36. The van der Waals surface area contributed by atoms with Crippen LogP contribution in [0.25, 0.3) is 0 Å². The van der Waals surface area contributed by atoms with Crippen molar-refractivity contribution in [2.75, 3.05) is 7.11 Å². The van der Waals surface area contributed by atoms with Crippen LogP contribution in [0, 0.1) is 0 Å². The van der Waals surface area contributed by atoms with Crippen LogP contribution in [-0.4, -0.2) is 41.8 Å². The zero-order chi connectivity index (χ0) is 24.0. The predicted molar refractivity (Wildman–Crippen MR) is 121 cm³/mol. The number of esters is 1. The van der Waals surface area contributed by atoms with Crippen LogP contribution in [0.5, 0.6) is 0 Å². The molecule has 0 aromatic heterocycles. The van der Waals surface area contributed by atoms with Gasteiger partial charge in [-0.15, -0.1) is 0 Å². The van der Waals surface area contributed by atoms with Crippen LogP contribution in [0.3, 0.4) is 0 Å². The highest BCUT2D eigenvalue weighted by Gasteiger charge is 2.37. The van der Waals surface area contributed by atoms with E-state index in [-0.39, 0.29) is 19.7 Å². The van der Waals surface area contributed by atoms with E-state index < -0.39 is 29.8 Å². The molecule has 0 aliphatic carbocycles. The largest absolute Gasteiger partial charge is 0.467 e. The minimum Gasteiger partial charge on any atom is -0.467 e. The highest BCUT2D eigenvalue weighted by Crippen LogP contribution is 2.27. The number of carbonyl (C=O) groups is 3. The van der Waals surface area contributed by atoms with Crippen LogP contribution in [0.2, 0.25) is 0 Å². The normalized spacial score (nSPS) is 15.3. The third kappa shape index (κ3) is 6.71. The number of methoxy groups -OCH3 is 1. The fourth-order valence-corrected chi connectivity index (χ4v) is 3.56. The first kappa shape index (κ1) is 24.1. The van der Waals surface area contributed by atoms with E-state index in [1.807, 2.05) is 48.5 Å². The predicted octanol–water partition coefficient (Wildman–Crippen LogP) is 3.95. The van der Waals surface area contributed by atoms with E-state index in [0.29, 0.717) is 6.42 Å². The van der Waals surface area contributed by atoms with Gasteiger partial charge in [0.2, 0.25) is 0 Å². The Morgan fingerprint density at radius 2 is 1.76 bits per heavy atom. The molecule has 1 aliphatic rings. The van der Waals surface area contributed by atoms with Crippen LogP contribution >= 0.6 is 0 Å². The number of rotatable bonds is 5. The lowest BCUT2D eigenvalue weighted by atomic mass is 9.92. The fourth-order valence-electron chi connectivity index (χ4n) is 3.56. The van der Waals surface area contributed by atoms with Gasteiger partial charge < -0.3 is 19.5 Å². The molecule has 1 N–H and O–H groups in total.